The Labute approximate surface area is 170 Å². The fourth-order valence-electron chi connectivity index (χ4n) is 2.89. The Morgan fingerprint density at radius 3 is 2.40 bits per heavy atom. The molecule has 0 spiro atoms. The highest BCUT2D eigenvalue weighted by molar-refractivity contribution is 6.07. The van der Waals surface area contributed by atoms with Crippen molar-refractivity contribution in [3.05, 3.63) is 54.0 Å². The fourth-order valence-corrected chi connectivity index (χ4v) is 2.89. The van der Waals surface area contributed by atoms with Crippen LogP contribution in [-0.4, -0.2) is 52.0 Å². The van der Waals surface area contributed by atoms with Crippen molar-refractivity contribution >= 4 is 34.6 Å². The van der Waals surface area contributed by atoms with Crippen LogP contribution in [0, 0.1) is 0 Å². The van der Waals surface area contributed by atoms with Crippen molar-refractivity contribution < 1.29 is 29.0 Å². The molecule has 2 N–H and O–H groups in total. The number of hydrogen-bond acceptors (Lipinski definition) is 8. The number of esters is 2. The number of anilines is 1. The molecule has 0 amide bonds. The second-order valence-corrected chi connectivity index (χ2v) is 6.11. The largest absolute Gasteiger partial charge is 0.476 e. The molecule has 3 rings (SSSR count). The summed E-state index contributed by atoms with van der Waals surface area (Å²) < 4.78 is 10.6. The lowest BCUT2D eigenvalue weighted by Gasteiger charge is -2.10. The van der Waals surface area contributed by atoms with E-state index in [1.54, 1.807) is 43.6 Å². The van der Waals surface area contributed by atoms with Gasteiger partial charge in [-0.25, -0.2) is 24.0 Å². The summed E-state index contributed by atoms with van der Waals surface area (Å²) in [6.07, 6.45) is 2.56. The van der Waals surface area contributed by atoms with E-state index >= 15 is 0 Å². The number of aryl methyl sites for hydroxylation is 1. The van der Waals surface area contributed by atoms with Gasteiger partial charge >= 0.3 is 17.9 Å². The molecule has 0 aliphatic heterocycles. The topological polar surface area (TPSA) is 133 Å². The number of fused-ring (bicyclic) bond motifs is 1. The van der Waals surface area contributed by atoms with Crippen molar-refractivity contribution in [1.29, 1.82) is 0 Å². The van der Waals surface area contributed by atoms with Crippen molar-refractivity contribution in [2.75, 3.05) is 19.5 Å². The summed E-state index contributed by atoms with van der Waals surface area (Å²) >= 11 is 0. The van der Waals surface area contributed by atoms with E-state index in [0.717, 1.165) is 11.6 Å². The first-order chi connectivity index (χ1) is 14.3. The van der Waals surface area contributed by atoms with Crippen LogP contribution in [0.2, 0.25) is 0 Å². The summed E-state index contributed by atoms with van der Waals surface area (Å²) in [5, 5.41) is 16.7. The minimum atomic E-state index is -1.15. The molecule has 0 saturated carbocycles. The average molecular weight is 410 g/mol. The molecule has 2 heterocycles. The van der Waals surface area contributed by atoms with Crippen molar-refractivity contribution in [2.45, 2.75) is 0 Å². The molecule has 10 nitrogen and oxygen atoms in total. The monoisotopic (exact) mass is 410 g/mol. The number of ether oxygens (including phenoxy) is 2. The third-order valence-corrected chi connectivity index (χ3v) is 4.27. The van der Waals surface area contributed by atoms with Crippen LogP contribution >= 0.6 is 0 Å². The molecule has 0 radical (unpaired) electrons. The third kappa shape index (κ3) is 3.97. The summed E-state index contributed by atoms with van der Waals surface area (Å²) in [6.45, 7) is 0. The highest BCUT2D eigenvalue weighted by Crippen LogP contribution is 2.30. The molecule has 2 aromatic heterocycles. The van der Waals surface area contributed by atoms with Gasteiger partial charge in [-0.05, 0) is 29.3 Å². The Hall–Kier alpha value is -4.21. The van der Waals surface area contributed by atoms with E-state index < -0.39 is 17.9 Å². The maximum absolute atomic E-state index is 11.9. The van der Waals surface area contributed by atoms with Gasteiger partial charge in [-0.3, -0.25) is 0 Å². The lowest BCUT2D eigenvalue weighted by atomic mass is 10.0. The maximum atomic E-state index is 11.9. The van der Waals surface area contributed by atoms with Gasteiger partial charge in [0.25, 0.3) is 0 Å². The minimum Gasteiger partial charge on any atom is -0.476 e. The normalized spacial score (nSPS) is 11.2. The molecule has 30 heavy (non-hydrogen) atoms. The number of hydrogen-bond donors (Lipinski definition) is 2. The first-order valence-electron chi connectivity index (χ1n) is 8.66. The third-order valence-electron chi connectivity index (χ3n) is 4.27. The number of carboxylic acid groups (broad SMARTS) is 1. The van der Waals surface area contributed by atoms with Gasteiger partial charge in [-0.15, -0.1) is 0 Å². The highest BCUT2D eigenvalue weighted by Gasteiger charge is 2.20. The van der Waals surface area contributed by atoms with Crippen LogP contribution in [0.1, 0.15) is 10.5 Å². The molecule has 3 aromatic rings. The summed E-state index contributed by atoms with van der Waals surface area (Å²) in [5.74, 6) is -2.60. The quantitative estimate of drug-likeness (QED) is 0.462. The number of aromatic carboxylic acids is 1. The van der Waals surface area contributed by atoms with Gasteiger partial charge in [0.1, 0.15) is 5.70 Å². The lowest BCUT2D eigenvalue weighted by Crippen LogP contribution is -2.15. The van der Waals surface area contributed by atoms with Gasteiger partial charge in [0.15, 0.2) is 11.3 Å². The number of nitrogens with one attached hydrogen (secondary N) is 1. The van der Waals surface area contributed by atoms with Crippen LogP contribution < -0.4 is 5.32 Å². The molecule has 154 valence electrons. The van der Waals surface area contributed by atoms with Crippen LogP contribution in [0.4, 0.5) is 5.69 Å². The second-order valence-electron chi connectivity index (χ2n) is 6.11. The molecule has 0 saturated heterocycles. The zero-order valence-electron chi connectivity index (χ0n) is 16.4. The number of rotatable bonds is 6. The van der Waals surface area contributed by atoms with E-state index in [-0.39, 0.29) is 11.4 Å². The number of aromatic nitrogens is 3. The lowest BCUT2D eigenvalue weighted by molar-refractivity contribution is -0.138. The number of methoxy groups -OCH3 is 2. The molecule has 0 unspecified atom stereocenters. The van der Waals surface area contributed by atoms with E-state index in [1.807, 2.05) is 0 Å². The van der Waals surface area contributed by atoms with E-state index in [9.17, 15) is 19.5 Å². The molecule has 0 aliphatic rings. The standard InChI is InChI=1S/C20H18N4O6/c1-24-18-16(17(23-24)19(26)27)13(8-9-21-18)11-4-6-12(7-5-11)22-14(20(28)30-3)10-15(25)29-2/h4-10,22H,1-3H3,(H,26,27)/b14-10+. The van der Waals surface area contributed by atoms with Crippen molar-refractivity contribution in [2.24, 2.45) is 7.05 Å². The predicted octanol–water partition coefficient (Wildman–Crippen LogP) is 1.98. The Morgan fingerprint density at radius 1 is 1.10 bits per heavy atom. The smallest absolute Gasteiger partial charge is 0.357 e. The maximum Gasteiger partial charge on any atom is 0.357 e. The van der Waals surface area contributed by atoms with Crippen LogP contribution in [-0.2, 0) is 26.1 Å². The predicted molar refractivity (Wildman–Crippen MR) is 107 cm³/mol. The first-order valence-corrected chi connectivity index (χ1v) is 8.66. The first kappa shape index (κ1) is 20.5. The molecular formula is C20H18N4O6. The van der Waals surface area contributed by atoms with Gasteiger partial charge in [0.2, 0.25) is 0 Å². The molecule has 0 aliphatic carbocycles. The van der Waals surface area contributed by atoms with Gasteiger partial charge in [-0.2, -0.15) is 5.10 Å². The van der Waals surface area contributed by atoms with Crippen LogP contribution in [0.15, 0.2) is 48.3 Å². The molecule has 0 fully saturated rings. The fraction of sp³-hybridized carbons (Fsp3) is 0.150. The van der Waals surface area contributed by atoms with E-state index in [4.69, 9.17) is 0 Å². The number of nitrogens with zero attached hydrogens (tertiary/aromatic N) is 3. The van der Waals surface area contributed by atoms with Crippen LogP contribution in [0.3, 0.4) is 0 Å². The molecule has 10 heteroatoms. The Kier molecular flexibility index (Phi) is 5.77. The van der Waals surface area contributed by atoms with Crippen molar-refractivity contribution in [3.63, 3.8) is 0 Å². The highest BCUT2D eigenvalue weighted by atomic mass is 16.5. The molecule has 1 aromatic carbocycles. The van der Waals surface area contributed by atoms with Gasteiger partial charge in [0.05, 0.1) is 25.7 Å². The molecule has 0 bridgehead atoms. The van der Waals surface area contributed by atoms with Crippen molar-refractivity contribution in [3.8, 4) is 11.1 Å². The number of benzene rings is 1. The van der Waals surface area contributed by atoms with E-state index in [2.05, 4.69) is 24.9 Å². The summed E-state index contributed by atoms with van der Waals surface area (Å²) in [4.78, 5) is 39.2. The number of carboxylic acids is 1. The van der Waals surface area contributed by atoms with Crippen molar-refractivity contribution in [1.82, 2.24) is 14.8 Å². The number of pyridine rings is 1. The Balaban J connectivity index is 1.98. The van der Waals surface area contributed by atoms with Crippen LogP contribution in [0.5, 0.6) is 0 Å². The Morgan fingerprint density at radius 2 is 1.80 bits per heavy atom. The van der Waals surface area contributed by atoms with Crippen LogP contribution in [0.25, 0.3) is 22.2 Å². The van der Waals surface area contributed by atoms with Gasteiger partial charge < -0.3 is 19.9 Å². The summed E-state index contributed by atoms with van der Waals surface area (Å²) in [5.41, 5.74) is 2.14. The van der Waals surface area contributed by atoms with Gasteiger partial charge in [0, 0.05) is 18.9 Å². The second kappa shape index (κ2) is 8.43. The summed E-state index contributed by atoms with van der Waals surface area (Å²) in [6, 6.07) is 8.53. The summed E-state index contributed by atoms with van der Waals surface area (Å²) in [7, 11) is 4.02. The zero-order chi connectivity index (χ0) is 21.8. The Bertz CT molecular complexity index is 1160. The van der Waals surface area contributed by atoms with E-state index in [1.165, 1.54) is 18.9 Å². The minimum absolute atomic E-state index is 0.0909. The zero-order valence-corrected chi connectivity index (χ0v) is 16.4. The number of carbonyl (C=O) groups excluding carboxylic acids is 2. The van der Waals surface area contributed by atoms with Gasteiger partial charge in [-0.1, -0.05) is 12.1 Å². The molecule has 0 atom stereocenters. The average Bonchev–Trinajstić information content (AvgIpc) is 3.10. The molecular weight excluding hydrogens is 392 g/mol. The van der Waals surface area contributed by atoms with E-state index in [0.29, 0.717) is 22.3 Å². The SMILES string of the molecule is COC(=O)/C=C(/Nc1ccc(-c2ccnc3c2c(C(=O)O)nn3C)cc1)C(=O)OC. The number of carbonyl (C=O) groups is 3.